The predicted molar refractivity (Wildman–Crippen MR) is 93.8 cm³/mol. The van der Waals surface area contributed by atoms with E-state index in [4.69, 9.17) is 9.84 Å². The summed E-state index contributed by atoms with van der Waals surface area (Å²) >= 11 is 0. The molecule has 0 bridgehead atoms. The number of carboxylic acid groups (broad SMARTS) is 1. The number of ether oxygens (including phenoxy) is 1. The number of hydrogen-bond donors (Lipinski definition) is 2. The van der Waals surface area contributed by atoms with Gasteiger partial charge >= 0.3 is 5.97 Å². The molecule has 1 aromatic heterocycles. The Bertz CT molecular complexity index is 932. The number of aromatic amines is 1. The lowest BCUT2D eigenvalue weighted by molar-refractivity contribution is -0.137. The van der Waals surface area contributed by atoms with E-state index >= 15 is 0 Å². The van der Waals surface area contributed by atoms with Crippen molar-refractivity contribution in [1.82, 2.24) is 9.97 Å². The number of para-hydroxylation sites is 2. The quantitative estimate of drug-likeness (QED) is 0.673. The van der Waals surface area contributed by atoms with Gasteiger partial charge in [0.2, 0.25) is 0 Å². The van der Waals surface area contributed by atoms with Gasteiger partial charge in [-0.3, -0.25) is 4.79 Å². The maximum atomic E-state index is 10.5. The molecule has 124 valence electrons. The Morgan fingerprint density at radius 1 is 1.24 bits per heavy atom. The Labute approximate surface area is 144 Å². The smallest absolute Gasteiger partial charge is 0.306 e. The molecule has 0 saturated carbocycles. The first-order valence-corrected chi connectivity index (χ1v) is 7.67. The summed E-state index contributed by atoms with van der Waals surface area (Å²) < 4.78 is 5.34. The standard InChI is InChI=1S/C19H15N3O3/c20-12-14(19-21-16-3-1-2-4-17(16)22-19)11-13-5-7-15(8-6-13)25-10-9-18(23)24/h1-8,11H,9-10H2,(H,21,22)(H,23,24). The van der Waals surface area contributed by atoms with Crippen molar-refractivity contribution >= 4 is 28.7 Å². The molecule has 1 heterocycles. The normalized spacial score (nSPS) is 11.2. The SMILES string of the molecule is N#CC(=Cc1ccc(OCCC(=O)O)cc1)c1nc2ccccc2[nH]1. The van der Waals surface area contributed by atoms with Crippen LogP contribution in [-0.4, -0.2) is 27.7 Å². The fourth-order valence-electron chi connectivity index (χ4n) is 2.32. The number of rotatable bonds is 6. The minimum Gasteiger partial charge on any atom is -0.493 e. The molecule has 0 aliphatic rings. The minimum atomic E-state index is -0.899. The molecule has 0 atom stereocenters. The first kappa shape index (κ1) is 16.3. The van der Waals surface area contributed by atoms with E-state index in [-0.39, 0.29) is 13.0 Å². The van der Waals surface area contributed by atoms with Crippen molar-refractivity contribution in [2.75, 3.05) is 6.61 Å². The number of benzene rings is 2. The minimum absolute atomic E-state index is 0.0493. The van der Waals surface area contributed by atoms with E-state index in [1.54, 1.807) is 30.3 Å². The summed E-state index contributed by atoms with van der Waals surface area (Å²) in [7, 11) is 0. The third-order valence-electron chi connectivity index (χ3n) is 3.54. The third-order valence-corrected chi connectivity index (χ3v) is 3.54. The van der Waals surface area contributed by atoms with Crippen molar-refractivity contribution in [3.05, 3.63) is 59.9 Å². The van der Waals surface area contributed by atoms with Crippen LogP contribution in [-0.2, 0) is 4.79 Å². The van der Waals surface area contributed by atoms with Gasteiger partial charge in [0.15, 0.2) is 0 Å². The van der Waals surface area contributed by atoms with Crippen molar-refractivity contribution in [1.29, 1.82) is 5.26 Å². The summed E-state index contributed by atoms with van der Waals surface area (Å²) in [5.74, 6) is 0.204. The molecule has 0 unspecified atom stereocenters. The molecule has 3 aromatic rings. The first-order valence-electron chi connectivity index (χ1n) is 7.67. The molecule has 6 nitrogen and oxygen atoms in total. The largest absolute Gasteiger partial charge is 0.493 e. The second-order valence-corrected chi connectivity index (χ2v) is 5.33. The molecular formula is C19H15N3O3. The van der Waals surface area contributed by atoms with Crippen LogP contribution in [0.25, 0.3) is 22.7 Å². The number of carboxylic acids is 1. The number of aliphatic carboxylic acids is 1. The first-order chi connectivity index (χ1) is 12.2. The van der Waals surface area contributed by atoms with Gasteiger partial charge in [0.05, 0.1) is 29.6 Å². The Hall–Kier alpha value is -3.59. The van der Waals surface area contributed by atoms with Crippen LogP contribution in [0.4, 0.5) is 0 Å². The fraction of sp³-hybridized carbons (Fsp3) is 0.105. The lowest BCUT2D eigenvalue weighted by Crippen LogP contribution is -2.04. The number of aromatic nitrogens is 2. The van der Waals surface area contributed by atoms with Gasteiger partial charge in [0.25, 0.3) is 0 Å². The highest BCUT2D eigenvalue weighted by Gasteiger charge is 2.07. The van der Waals surface area contributed by atoms with Gasteiger partial charge in [0.1, 0.15) is 17.6 Å². The lowest BCUT2D eigenvalue weighted by Gasteiger charge is -2.04. The van der Waals surface area contributed by atoms with E-state index in [9.17, 15) is 10.1 Å². The van der Waals surface area contributed by atoms with Crippen LogP contribution in [0.5, 0.6) is 5.75 Å². The van der Waals surface area contributed by atoms with E-state index in [1.807, 2.05) is 24.3 Å². The zero-order valence-electron chi connectivity index (χ0n) is 13.3. The van der Waals surface area contributed by atoms with Gasteiger partial charge in [-0.25, -0.2) is 4.98 Å². The zero-order valence-corrected chi connectivity index (χ0v) is 13.3. The molecular weight excluding hydrogens is 318 g/mol. The molecule has 3 rings (SSSR count). The molecule has 0 saturated heterocycles. The highest BCUT2D eigenvalue weighted by atomic mass is 16.5. The van der Waals surface area contributed by atoms with E-state index in [1.165, 1.54) is 0 Å². The van der Waals surface area contributed by atoms with Crippen LogP contribution in [0.2, 0.25) is 0 Å². The maximum absolute atomic E-state index is 10.5. The third kappa shape index (κ3) is 4.03. The van der Waals surface area contributed by atoms with Gasteiger partial charge in [0, 0.05) is 0 Å². The number of H-pyrrole nitrogens is 1. The van der Waals surface area contributed by atoms with Crippen molar-refractivity contribution in [3.8, 4) is 11.8 Å². The van der Waals surface area contributed by atoms with Crippen LogP contribution >= 0.6 is 0 Å². The number of fused-ring (bicyclic) bond motifs is 1. The summed E-state index contributed by atoms with van der Waals surface area (Å²) in [6.07, 6.45) is 1.69. The van der Waals surface area contributed by atoms with Crippen LogP contribution in [0.3, 0.4) is 0 Å². The number of imidazole rings is 1. The predicted octanol–water partition coefficient (Wildman–Crippen LogP) is 3.48. The van der Waals surface area contributed by atoms with Crippen LogP contribution in [0.15, 0.2) is 48.5 Å². The number of nitrogens with zero attached hydrogens (tertiary/aromatic N) is 2. The molecule has 25 heavy (non-hydrogen) atoms. The van der Waals surface area contributed by atoms with Crippen LogP contribution in [0, 0.1) is 11.3 Å². The van der Waals surface area contributed by atoms with E-state index in [0.29, 0.717) is 17.1 Å². The number of nitrogens with one attached hydrogen (secondary N) is 1. The summed E-state index contributed by atoms with van der Waals surface area (Å²) in [5.41, 5.74) is 2.93. The van der Waals surface area contributed by atoms with E-state index < -0.39 is 5.97 Å². The highest BCUT2D eigenvalue weighted by Crippen LogP contribution is 2.20. The Balaban J connectivity index is 1.78. The van der Waals surface area contributed by atoms with Gasteiger partial charge in [-0.05, 0) is 35.9 Å². The lowest BCUT2D eigenvalue weighted by atomic mass is 10.1. The Kier molecular flexibility index (Phi) is 4.77. The van der Waals surface area contributed by atoms with E-state index in [0.717, 1.165) is 16.6 Å². The topological polar surface area (TPSA) is 99.0 Å². The molecule has 6 heteroatoms. The van der Waals surface area contributed by atoms with Crippen molar-refractivity contribution in [2.24, 2.45) is 0 Å². The number of hydrogen-bond acceptors (Lipinski definition) is 4. The van der Waals surface area contributed by atoms with E-state index in [2.05, 4.69) is 16.0 Å². The summed E-state index contributed by atoms with van der Waals surface area (Å²) in [6.45, 7) is 0.118. The number of allylic oxidation sites excluding steroid dienone is 1. The summed E-state index contributed by atoms with van der Waals surface area (Å²) in [4.78, 5) is 18.0. The molecule has 2 N–H and O–H groups in total. The molecule has 0 radical (unpaired) electrons. The maximum Gasteiger partial charge on any atom is 0.306 e. The number of carbonyl (C=O) groups is 1. The molecule has 2 aromatic carbocycles. The highest BCUT2D eigenvalue weighted by molar-refractivity contribution is 5.90. The second-order valence-electron chi connectivity index (χ2n) is 5.33. The van der Waals surface area contributed by atoms with Crippen molar-refractivity contribution in [2.45, 2.75) is 6.42 Å². The van der Waals surface area contributed by atoms with Crippen LogP contribution < -0.4 is 4.74 Å². The fourth-order valence-corrected chi connectivity index (χ4v) is 2.32. The van der Waals surface area contributed by atoms with Crippen LogP contribution in [0.1, 0.15) is 17.8 Å². The summed E-state index contributed by atoms with van der Waals surface area (Å²) in [6, 6.07) is 16.8. The average Bonchev–Trinajstić information content (AvgIpc) is 3.04. The van der Waals surface area contributed by atoms with Gasteiger partial charge in [-0.15, -0.1) is 0 Å². The Morgan fingerprint density at radius 2 is 2.00 bits per heavy atom. The van der Waals surface area contributed by atoms with Gasteiger partial charge < -0.3 is 14.8 Å². The molecule has 0 aliphatic heterocycles. The monoisotopic (exact) mass is 333 g/mol. The summed E-state index contributed by atoms with van der Waals surface area (Å²) in [5, 5.41) is 18.0. The molecule has 0 aliphatic carbocycles. The molecule has 0 fully saturated rings. The zero-order chi connectivity index (χ0) is 17.6. The number of nitriles is 1. The van der Waals surface area contributed by atoms with Gasteiger partial charge in [-0.1, -0.05) is 24.3 Å². The average molecular weight is 333 g/mol. The molecule has 0 amide bonds. The van der Waals surface area contributed by atoms with Gasteiger partial charge in [-0.2, -0.15) is 5.26 Å². The molecule has 0 spiro atoms. The van der Waals surface area contributed by atoms with Crippen molar-refractivity contribution < 1.29 is 14.6 Å². The van der Waals surface area contributed by atoms with Crippen molar-refractivity contribution in [3.63, 3.8) is 0 Å². The second kappa shape index (κ2) is 7.32. The Morgan fingerprint density at radius 3 is 2.68 bits per heavy atom.